The molecule has 10 heteroatoms. The molecule has 0 atom stereocenters. The molecule has 0 bridgehead atoms. The van der Waals surface area contributed by atoms with Crippen molar-refractivity contribution in [3.8, 4) is 0 Å². The number of nitrogens with zero attached hydrogens (tertiary/aromatic N) is 3. The number of anilines is 1. The number of amides is 1. The summed E-state index contributed by atoms with van der Waals surface area (Å²) in [5, 5.41) is 24.0. The van der Waals surface area contributed by atoms with Crippen LogP contribution in [-0.2, 0) is 0 Å². The molecule has 0 aliphatic heterocycles. The lowest BCUT2D eigenvalue weighted by Gasteiger charge is -2.08. The second-order valence-corrected chi connectivity index (χ2v) is 9.26. The predicted molar refractivity (Wildman–Crippen MR) is 149 cm³/mol. The number of aryl methyl sites for hydroxylation is 2. The van der Waals surface area contributed by atoms with Crippen LogP contribution in [0.2, 0.25) is 0 Å². The highest BCUT2D eigenvalue weighted by molar-refractivity contribution is 9.10. The molecule has 0 saturated carbocycles. The molecule has 2 aromatic heterocycles. The number of aromatic nitrogens is 2. The van der Waals surface area contributed by atoms with E-state index in [-0.39, 0.29) is 11.6 Å². The maximum atomic E-state index is 12.4. The summed E-state index contributed by atoms with van der Waals surface area (Å²) >= 11 is 3.28. The second kappa shape index (κ2) is 11.1. The smallest absolute Gasteiger partial charge is 0.335 e. The molecule has 1 amide bonds. The Morgan fingerprint density at radius 1 is 0.816 bits per heavy atom. The summed E-state index contributed by atoms with van der Waals surface area (Å²) in [6.07, 6.45) is 0. The lowest BCUT2D eigenvalue weighted by molar-refractivity contribution is -0.384. The normalized spacial score (nSPS) is 10.5. The number of carbonyl (C=O) groups is 2. The number of halogens is 1. The molecule has 9 nitrogen and oxygen atoms in total. The van der Waals surface area contributed by atoms with Crippen LogP contribution in [0.25, 0.3) is 21.8 Å². The largest absolute Gasteiger partial charge is 0.478 e. The Labute approximate surface area is 225 Å². The Morgan fingerprint density at radius 3 is 1.92 bits per heavy atom. The Bertz CT molecular complexity index is 1720. The summed E-state index contributed by atoms with van der Waals surface area (Å²) in [4.78, 5) is 42.2. The molecular formula is C28H21BrN4O5. The third-order valence-corrected chi connectivity index (χ3v) is 6.27. The van der Waals surface area contributed by atoms with E-state index in [4.69, 9.17) is 5.11 Å². The number of benzene rings is 3. The van der Waals surface area contributed by atoms with Crippen LogP contribution >= 0.6 is 15.9 Å². The average Bonchev–Trinajstić information content (AvgIpc) is 2.89. The zero-order chi connectivity index (χ0) is 27.4. The van der Waals surface area contributed by atoms with E-state index in [1.165, 1.54) is 18.2 Å². The molecule has 0 saturated heterocycles. The van der Waals surface area contributed by atoms with Gasteiger partial charge < -0.3 is 10.4 Å². The van der Waals surface area contributed by atoms with Crippen LogP contribution in [0, 0.1) is 24.0 Å². The highest BCUT2D eigenvalue weighted by atomic mass is 79.9. The van der Waals surface area contributed by atoms with E-state index < -0.39 is 10.9 Å². The third kappa shape index (κ3) is 6.16. The van der Waals surface area contributed by atoms with E-state index in [0.29, 0.717) is 21.3 Å². The van der Waals surface area contributed by atoms with Crippen LogP contribution in [-0.4, -0.2) is 31.9 Å². The van der Waals surface area contributed by atoms with Crippen LogP contribution in [0.5, 0.6) is 0 Å². The van der Waals surface area contributed by atoms with Crippen LogP contribution in [0.4, 0.5) is 11.4 Å². The number of fused-ring (bicyclic) bond motifs is 2. The number of hydrogen-bond acceptors (Lipinski definition) is 6. The van der Waals surface area contributed by atoms with Gasteiger partial charge >= 0.3 is 5.97 Å². The lowest BCUT2D eigenvalue weighted by Crippen LogP contribution is -2.12. The Balaban J connectivity index is 0.000000204. The van der Waals surface area contributed by atoms with Crippen molar-refractivity contribution in [1.29, 1.82) is 0 Å². The van der Waals surface area contributed by atoms with Crippen molar-refractivity contribution in [2.75, 3.05) is 5.32 Å². The van der Waals surface area contributed by atoms with Gasteiger partial charge in [0.1, 0.15) is 0 Å². The van der Waals surface area contributed by atoms with Gasteiger partial charge in [0.2, 0.25) is 0 Å². The van der Waals surface area contributed by atoms with Gasteiger partial charge in [-0.05, 0) is 84.4 Å². The molecule has 5 rings (SSSR count). The van der Waals surface area contributed by atoms with E-state index in [1.54, 1.807) is 36.4 Å². The molecule has 0 unspecified atom stereocenters. The molecule has 0 aliphatic carbocycles. The zero-order valence-corrected chi connectivity index (χ0v) is 21.9. The third-order valence-electron chi connectivity index (χ3n) is 5.57. The zero-order valence-electron chi connectivity index (χ0n) is 20.3. The van der Waals surface area contributed by atoms with Crippen molar-refractivity contribution in [3.05, 3.63) is 116 Å². The van der Waals surface area contributed by atoms with Gasteiger partial charge in [-0.25, -0.2) is 4.79 Å². The topological polar surface area (TPSA) is 135 Å². The summed E-state index contributed by atoms with van der Waals surface area (Å²) in [5.74, 6) is -1.26. The predicted octanol–water partition coefficient (Wildman–Crippen LogP) is 6.71. The molecule has 2 N–H and O–H groups in total. The number of carbonyl (C=O) groups excluding carboxylic acids is 1. The van der Waals surface area contributed by atoms with Gasteiger partial charge in [-0.2, -0.15) is 0 Å². The number of nitro benzene ring substituents is 1. The summed E-state index contributed by atoms with van der Waals surface area (Å²) in [5.41, 5.74) is 4.47. The van der Waals surface area contributed by atoms with Crippen LogP contribution in [0.15, 0.2) is 83.3 Å². The van der Waals surface area contributed by atoms with Gasteiger partial charge in [0.05, 0.1) is 27.2 Å². The maximum absolute atomic E-state index is 12.4. The van der Waals surface area contributed by atoms with E-state index in [9.17, 15) is 19.7 Å². The highest BCUT2D eigenvalue weighted by Gasteiger charge is 2.13. The molecular weight excluding hydrogens is 552 g/mol. The Hall–Kier alpha value is -4.70. The molecule has 0 fully saturated rings. The molecule has 190 valence electrons. The summed E-state index contributed by atoms with van der Waals surface area (Å²) in [6.45, 7) is 3.81. The second-order valence-electron chi connectivity index (χ2n) is 8.40. The Morgan fingerprint density at radius 2 is 1.37 bits per heavy atom. The van der Waals surface area contributed by atoms with Crippen molar-refractivity contribution in [2.45, 2.75) is 13.8 Å². The number of nitro groups is 1. The van der Waals surface area contributed by atoms with Crippen LogP contribution < -0.4 is 5.32 Å². The minimum atomic E-state index is -0.910. The fourth-order valence-corrected chi connectivity index (χ4v) is 3.99. The molecule has 5 aromatic rings. The molecule has 38 heavy (non-hydrogen) atoms. The lowest BCUT2D eigenvalue weighted by atomic mass is 10.1. The van der Waals surface area contributed by atoms with Crippen molar-refractivity contribution in [2.24, 2.45) is 0 Å². The van der Waals surface area contributed by atoms with Gasteiger partial charge in [0.15, 0.2) is 0 Å². The van der Waals surface area contributed by atoms with Crippen LogP contribution in [0.3, 0.4) is 0 Å². The van der Waals surface area contributed by atoms with Crippen molar-refractivity contribution < 1.29 is 19.6 Å². The van der Waals surface area contributed by atoms with Gasteiger partial charge in [0, 0.05) is 44.3 Å². The fraction of sp³-hybridized carbons (Fsp3) is 0.0714. The van der Waals surface area contributed by atoms with Gasteiger partial charge in [-0.15, -0.1) is 0 Å². The fourth-order valence-electron chi connectivity index (χ4n) is 3.65. The average molecular weight is 573 g/mol. The number of nitrogens with one attached hydrogen (secondary N) is 1. The Kier molecular flexibility index (Phi) is 7.73. The number of carboxylic acid groups (broad SMARTS) is 1. The van der Waals surface area contributed by atoms with Crippen molar-refractivity contribution in [1.82, 2.24) is 9.97 Å². The van der Waals surface area contributed by atoms with Gasteiger partial charge in [-0.1, -0.05) is 12.1 Å². The molecule has 0 spiro atoms. The van der Waals surface area contributed by atoms with Gasteiger partial charge in [0.25, 0.3) is 11.6 Å². The summed E-state index contributed by atoms with van der Waals surface area (Å²) in [6, 6.07) is 21.8. The first kappa shape index (κ1) is 26.4. The first-order chi connectivity index (χ1) is 18.1. The van der Waals surface area contributed by atoms with Gasteiger partial charge in [-0.3, -0.25) is 24.9 Å². The SMILES string of the molecule is Cc1ccc2cc(C(=O)Nc3cc([N+](=O)[O-])ccc3Br)ccc2n1.Cc1ccc2cc(C(=O)O)ccc2n1. The maximum Gasteiger partial charge on any atom is 0.335 e. The molecule has 2 heterocycles. The molecule has 0 aliphatic rings. The monoisotopic (exact) mass is 572 g/mol. The summed E-state index contributed by atoms with van der Waals surface area (Å²) in [7, 11) is 0. The van der Waals surface area contributed by atoms with E-state index >= 15 is 0 Å². The standard InChI is InChI=1S/C17H12BrN3O3.C11H9NO2/c1-10-2-3-11-8-12(4-7-15(11)19-10)17(22)20-16-9-13(21(23)24)5-6-14(16)18;1-7-2-3-8-6-9(11(13)14)4-5-10(8)12-7/h2-9H,1H3,(H,20,22);2-6H,1H3,(H,13,14). The first-order valence-electron chi connectivity index (χ1n) is 11.3. The minimum Gasteiger partial charge on any atom is -0.478 e. The number of non-ortho nitro benzene ring substituents is 1. The quantitative estimate of drug-likeness (QED) is 0.180. The summed E-state index contributed by atoms with van der Waals surface area (Å²) < 4.78 is 0.569. The van der Waals surface area contributed by atoms with E-state index in [0.717, 1.165) is 33.2 Å². The van der Waals surface area contributed by atoms with Crippen molar-refractivity contribution in [3.63, 3.8) is 0 Å². The molecule has 3 aromatic carbocycles. The van der Waals surface area contributed by atoms with E-state index in [1.807, 2.05) is 38.1 Å². The number of rotatable bonds is 4. The van der Waals surface area contributed by atoms with Crippen molar-refractivity contribution >= 4 is 61.0 Å². The van der Waals surface area contributed by atoms with E-state index in [2.05, 4.69) is 31.2 Å². The number of aromatic carboxylic acids is 1. The molecule has 0 radical (unpaired) electrons. The highest BCUT2D eigenvalue weighted by Crippen LogP contribution is 2.28. The number of carboxylic acids is 1. The van der Waals surface area contributed by atoms with Crippen LogP contribution in [0.1, 0.15) is 32.1 Å². The first-order valence-corrected chi connectivity index (χ1v) is 12.1. The minimum absolute atomic E-state index is 0.0910. The number of pyridine rings is 2. The number of hydrogen-bond donors (Lipinski definition) is 2.